The molecule has 0 spiro atoms. The van der Waals surface area contributed by atoms with Gasteiger partial charge in [0.2, 0.25) is 0 Å². The van der Waals surface area contributed by atoms with Crippen molar-refractivity contribution in [1.82, 2.24) is 5.32 Å². The molecule has 8 heteroatoms. The molecule has 2 aromatic carbocycles. The summed E-state index contributed by atoms with van der Waals surface area (Å²) in [5, 5.41) is 6.87. The minimum Gasteiger partial charge on any atom is -0.330 e. The lowest BCUT2D eigenvalue weighted by Crippen LogP contribution is -2.34. The summed E-state index contributed by atoms with van der Waals surface area (Å²) in [5.74, 6) is -0.379. The third-order valence-electron chi connectivity index (χ3n) is 2.58. The molecule has 0 atom stereocenters. The molecule has 0 saturated carbocycles. The number of hydrogen-bond acceptors (Lipinski definition) is 2. The largest absolute Gasteiger partial charge is 0.330 e. The maximum Gasteiger partial charge on any atom is 0.257 e. The van der Waals surface area contributed by atoms with Crippen LogP contribution in [0.5, 0.6) is 0 Å². The number of carbonyl (C=O) groups excluding carboxylic acids is 1. The van der Waals surface area contributed by atoms with Crippen molar-refractivity contribution >= 4 is 75.3 Å². The van der Waals surface area contributed by atoms with Crippen LogP contribution >= 0.6 is 58.6 Å². The van der Waals surface area contributed by atoms with E-state index >= 15 is 0 Å². The van der Waals surface area contributed by atoms with Gasteiger partial charge in [-0.2, -0.15) is 0 Å². The van der Waals surface area contributed by atoms with Crippen molar-refractivity contribution in [3.05, 3.63) is 62.1 Å². The van der Waals surface area contributed by atoms with Gasteiger partial charge >= 0.3 is 0 Å². The molecule has 0 radical (unpaired) electrons. The smallest absolute Gasteiger partial charge is 0.257 e. The second kappa shape index (κ2) is 7.49. The van der Waals surface area contributed by atoms with Crippen LogP contribution in [0, 0.1) is 0 Å². The van der Waals surface area contributed by atoms with E-state index in [9.17, 15) is 4.79 Å². The van der Waals surface area contributed by atoms with Crippen molar-refractivity contribution in [2.24, 2.45) is 0 Å². The van der Waals surface area contributed by atoms with Crippen molar-refractivity contribution in [2.45, 2.75) is 0 Å². The average molecular weight is 394 g/mol. The van der Waals surface area contributed by atoms with Gasteiger partial charge < -0.3 is 5.32 Å². The van der Waals surface area contributed by atoms with E-state index in [-0.39, 0.29) is 11.0 Å². The van der Waals surface area contributed by atoms with Crippen molar-refractivity contribution in [1.29, 1.82) is 0 Å². The summed E-state index contributed by atoms with van der Waals surface area (Å²) in [4.78, 5) is 12.0. The van der Waals surface area contributed by atoms with Crippen molar-refractivity contribution in [3.63, 3.8) is 0 Å². The van der Waals surface area contributed by atoms with Crippen molar-refractivity contribution < 1.29 is 4.79 Å². The molecule has 0 aromatic heterocycles. The fourth-order valence-corrected chi connectivity index (χ4v) is 2.82. The normalized spacial score (nSPS) is 10.2. The summed E-state index contributed by atoms with van der Waals surface area (Å²) < 4.78 is 0. The molecule has 0 unspecified atom stereocenters. The van der Waals surface area contributed by atoms with Crippen LogP contribution < -0.4 is 10.6 Å². The summed E-state index contributed by atoms with van der Waals surface area (Å²) in [6.45, 7) is 0. The number of amides is 1. The molecular formula is C14H8Cl4N2OS. The standard InChI is InChI=1S/C14H8Cl4N2OS/c15-8-3-1-7(2-4-8)13(21)20-14(22)19-12-10(17)5-9(16)6-11(12)18/h1-6H,(H2,19,20,21,22). The maximum absolute atomic E-state index is 12.0. The van der Waals surface area contributed by atoms with Crippen LogP contribution in [0.3, 0.4) is 0 Å². The van der Waals surface area contributed by atoms with Gasteiger partial charge in [0.05, 0.1) is 15.7 Å². The molecule has 22 heavy (non-hydrogen) atoms. The average Bonchev–Trinajstić information content (AvgIpc) is 2.43. The second-order valence-corrected chi connectivity index (χ2v) is 6.26. The molecule has 3 nitrogen and oxygen atoms in total. The topological polar surface area (TPSA) is 41.1 Å². The van der Waals surface area contributed by atoms with Crippen LogP contribution in [0.15, 0.2) is 36.4 Å². The number of benzene rings is 2. The van der Waals surface area contributed by atoms with E-state index in [1.54, 1.807) is 24.3 Å². The Kier molecular flexibility index (Phi) is 5.89. The highest BCUT2D eigenvalue weighted by atomic mass is 35.5. The van der Waals surface area contributed by atoms with Crippen LogP contribution in [0.25, 0.3) is 0 Å². The summed E-state index contributed by atoms with van der Waals surface area (Å²) in [6.07, 6.45) is 0. The fourth-order valence-electron chi connectivity index (χ4n) is 1.58. The lowest BCUT2D eigenvalue weighted by molar-refractivity contribution is 0.0978. The predicted octanol–water partition coefficient (Wildman–Crippen LogP) is 5.43. The quantitative estimate of drug-likeness (QED) is 0.668. The molecule has 0 saturated heterocycles. The van der Waals surface area contributed by atoms with Crippen LogP contribution in [0.4, 0.5) is 5.69 Å². The second-order valence-electron chi connectivity index (χ2n) is 4.16. The van der Waals surface area contributed by atoms with E-state index in [0.29, 0.717) is 31.3 Å². The Balaban J connectivity index is 2.07. The summed E-state index contributed by atoms with van der Waals surface area (Å²) in [5.41, 5.74) is 0.788. The van der Waals surface area contributed by atoms with Gasteiger partial charge in [0, 0.05) is 15.6 Å². The van der Waals surface area contributed by atoms with Gasteiger partial charge in [0.1, 0.15) is 0 Å². The molecule has 0 aliphatic rings. The van der Waals surface area contributed by atoms with Gasteiger partial charge in [-0.15, -0.1) is 0 Å². The Labute approximate surface area is 152 Å². The van der Waals surface area contributed by atoms with E-state index in [2.05, 4.69) is 10.6 Å². The molecule has 0 heterocycles. The zero-order valence-corrected chi connectivity index (χ0v) is 14.6. The first-order chi connectivity index (χ1) is 10.4. The van der Waals surface area contributed by atoms with E-state index in [0.717, 1.165) is 0 Å². The van der Waals surface area contributed by atoms with Crippen LogP contribution in [-0.2, 0) is 0 Å². The highest BCUT2D eigenvalue weighted by Gasteiger charge is 2.12. The SMILES string of the molecule is O=C(NC(=S)Nc1c(Cl)cc(Cl)cc1Cl)c1ccc(Cl)cc1. The van der Waals surface area contributed by atoms with Crippen LogP contribution in [0.1, 0.15) is 10.4 Å². The molecule has 0 aliphatic carbocycles. The predicted molar refractivity (Wildman–Crippen MR) is 96.6 cm³/mol. The van der Waals surface area contributed by atoms with E-state index in [1.807, 2.05) is 0 Å². The number of hydrogen-bond donors (Lipinski definition) is 2. The number of thiocarbonyl (C=S) groups is 1. The van der Waals surface area contributed by atoms with Gasteiger partial charge in [-0.3, -0.25) is 10.1 Å². The first-order valence-electron chi connectivity index (χ1n) is 5.89. The lowest BCUT2D eigenvalue weighted by Gasteiger charge is -2.12. The van der Waals surface area contributed by atoms with Crippen LogP contribution in [0.2, 0.25) is 20.1 Å². The molecule has 2 rings (SSSR count). The molecule has 1 amide bonds. The number of halogens is 4. The molecule has 0 bridgehead atoms. The maximum atomic E-state index is 12.0. The lowest BCUT2D eigenvalue weighted by atomic mass is 10.2. The Morgan fingerprint density at radius 1 is 0.909 bits per heavy atom. The Bertz CT molecular complexity index is 711. The molecule has 114 valence electrons. The Morgan fingerprint density at radius 3 is 2.00 bits per heavy atom. The molecule has 0 aliphatic heterocycles. The molecular weight excluding hydrogens is 386 g/mol. The fraction of sp³-hybridized carbons (Fsp3) is 0. The molecule has 0 fully saturated rings. The Morgan fingerprint density at radius 2 is 1.45 bits per heavy atom. The third-order valence-corrected chi connectivity index (χ3v) is 3.85. The number of carbonyl (C=O) groups is 1. The zero-order chi connectivity index (χ0) is 16.3. The number of rotatable bonds is 2. The highest BCUT2D eigenvalue weighted by Crippen LogP contribution is 2.33. The van der Waals surface area contributed by atoms with Crippen molar-refractivity contribution in [2.75, 3.05) is 5.32 Å². The van der Waals surface area contributed by atoms with E-state index in [1.165, 1.54) is 12.1 Å². The summed E-state index contributed by atoms with van der Waals surface area (Å²) in [7, 11) is 0. The van der Waals surface area contributed by atoms with Gasteiger partial charge in [-0.25, -0.2) is 0 Å². The summed E-state index contributed by atoms with van der Waals surface area (Å²) >= 11 is 28.7. The molecule has 2 N–H and O–H groups in total. The monoisotopic (exact) mass is 392 g/mol. The summed E-state index contributed by atoms with van der Waals surface area (Å²) in [6, 6.07) is 9.42. The van der Waals surface area contributed by atoms with Crippen molar-refractivity contribution in [3.8, 4) is 0 Å². The number of nitrogens with one attached hydrogen (secondary N) is 2. The Hall–Kier alpha value is -1.04. The highest BCUT2D eigenvalue weighted by molar-refractivity contribution is 7.80. The number of anilines is 1. The van der Waals surface area contributed by atoms with Gasteiger partial charge in [-0.05, 0) is 48.6 Å². The molecule has 2 aromatic rings. The van der Waals surface area contributed by atoms with Crippen LogP contribution in [-0.4, -0.2) is 11.0 Å². The zero-order valence-electron chi connectivity index (χ0n) is 10.8. The minimum absolute atomic E-state index is 0.0612. The first kappa shape index (κ1) is 17.3. The van der Waals surface area contributed by atoms with Gasteiger partial charge in [0.15, 0.2) is 5.11 Å². The van der Waals surface area contributed by atoms with E-state index in [4.69, 9.17) is 58.6 Å². The van der Waals surface area contributed by atoms with E-state index < -0.39 is 0 Å². The first-order valence-corrected chi connectivity index (χ1v) is 7.81. The third kappa shape index (κ3) is 4.48. The van der Waals surface area contributed by atoms with Gasteiger partial charge in [0.25, 0.3) is 5.91 Å². The van der Waals surface area contributed by atoms with Gasteiger partial charge in [-0.1, -0.05) is 46.4 Å². The minimum atomic E-state index is -0.379.